The minimum absolute atomic E-state index is 0.152. The van der Waals surface area contributed by atoms with E-state index in [9.17, 15) is 0 Å². The lowest BCUT2D eigenvalue weighted by Gasteiger charge is -2.05. The molecule has 1 aliphatic heterocycles. The van der Waals surface area contributed by atoms with E-state index in [1.165, 1.54) is 12.8 Å². The third-order valence-electron chi connectivity index (χ3n) is 1.84. The minimum Gasteiger partial charge on any atom is -0.351 e. The van der Waals surface area contributed by atoms with Gasteiger partial charge in [0.2, 0.25) is 0 Å². The van der Waals surface area contributed by atoms with Gasteiger partial charge in [-0.2, -0.15) is 5.48 Å². The summed E-state index contributed by atoms with van der Waals surface area (Å²) in [6.07, 6.45) is 4.39. The van der Waals surface area contributed by atoms with Crippen LogP contribution >= 0.6 is 0 Å². The molecule has 1 aliphatic rings. The number of hydroxylamine groups is 1. The molecule has 1 fully saturated rings. The Morgan fingerprint density at radius 1 is 1.50 bits per heavy atom. The van der Waals surface area contributed by atoms with Gasteiger partial charge in [0.25, 0.3) is 0 Å². The molecule has 3 nitrogen and oxygen atoms in total. The highest BCUT2D eigenvalue weighted by Gasteiger charge is 2.38. The van der Waals surface area contributed by atoms with Crippen LogP contribution in [0, 0.1) is 0 Å². The maximum atomic E-state index is 5.33. The van der Waals surface area contributed by atoms with Crippen molar-refractivity contribution in [3.05, 3.63) is 0 Å². The van der Waals surface area contributed by atoms with Gasteiger partial charge in [0.05, 0.1) is 6.10 Å². The highest BCUT2D eigenvalue weighted by Crippen LogP contribution is 2.24. The third-order valence-corrected chi connectivity index (χ3v) is 1.84. The Kier molecular flexibility index (Phi) is 3.98. The van der Waals surface area contributed by atoms with Gasteiger partial charge in [-0.3, -0.25) is 4.84 Å². The van der Waals surface area contributed by atoms with E-state index in [4.69, 9.17) is 9.57 Å². The van der Waals surface area contributed by atoms with Gasteiger partial charge < -0.3 is 4.74 Å². The number of nitrogens with one attached hydrogen (secondary N) is 1. The van der Waals surface area contributed by atoms with Crippen LogP contribution in [0.3, 0.4) is 0 Å². The van der Waals surface area contributed by atoms with Crippen molar-refractivity contribution in [1.29, 1.82) is 0 Å². The van der Waals surface area contributed by atoms with Gasteiger partial charge in [-0.1, -0.05) is 19.8 Å². The molecule has 3 heteroatoms. The molecule has 0 radical (unpaired) electrons. The first kappa shape index (κ1) is 9.96. The summed E-state index contributed by atoms with van der Waals surface area (Å²) < 4.78 is 5.33. The van der Waals surface area contributed by atoms with E-state index in [0.29, 0.717) is 6.10 Å². The van der Waals surface area contributed by atoms with Crippen LogP contribution in [0.25, 0.3) is 0 Å². The van der Waals surface area contributed by atoms with Gasteiger partial charge in [0, 0.05) is 0 Å². The third kappa shape index (κ3) is 3.52. The number of hydrogen-bond acceptors (Lipinski definition) is 3. The Labute approximate surface area is 74.4 Å². The van der Waals surface area contributed by atoms with Crippen molar-refractivity contribution in [2.45, 2.75) is 58.5 Å². The molecular weight excluding hydrogens is 154 g/mol. The Bertz CT molecular complexity index is 128. The van der Waals surface area contributed by atoms with E-state index >= 15 is 0 Å². The van der Waals surface area contributed by atoms with E-state index < -0.39 is 0 Å². The van der Waals surface area contributed by atoms with Gasteiger partial charge in [-0.25, -0.2) is 0 Å². The quantitative estimate of drug-likeness (QED) is 0.491. The Hall–Kier alpha value is -0.120. The lowest BCUT2D eigenvalue weighted by Crippen LogP contribution is -2.24. The smallest absolute Gasteiger partial charge is 0.156 e. The van der Waals surface area contributed by atoms with Gasteiger partial charge in [0.15, 0.2) is 6.23 Å². The SMILES string of the molecule is CCCCC1OC1NOC(C)C. The van der Waals surface area contributed by atoms with Crippen molar-refractivity contribution >= 4 is 0 Å². The van der Waals surface area contributed by atoms with Gasteiger partial charge in [-0.05, 0) is 20.3 Å². The normalized spacial score (nSPS) is 28.0. The summed E-state index contributed by atoms with van der Waals surface area (Å²) in [5, 5.41) is 0. The van der Waals surface area contributed by atoms with Gasteiger partial charge in [0.1, 0.15) is 6.10 Å². The van der Waals surface area contributed by atoms with Crippen LogP contribution in [0.15, 0.2) is 0 Å². The van der Waals surface area contributed by atoms with E-state index in [1.807, 2.05) is 13.8 Å². The van der Waals surface area contributed by atoms with Crippen LogP contribution < -0.4 is 5.48 Å². The summed E-state index contributed by atoms with van der Waals surface area (Å²) in [7, 11) is 0. The largest absolute Gasteiger partial charge is 0.351 e. The van der Waals surface area contributed by atoms with Crippen molar-refractivity contribution in [3.63, 3.8) is 0 Å². The van der Waals surface area contributed by atoms with Crippen LogP contribution in [-0.2, 0) is 9.57 Å². The molecule has 2 atom stereocenters. The molecule has 1 saturated heterocycles. The Morgan fingerprint density at radius 2 is 2.25 bits per heavy atom. The highest BCUT2D eigenvalue weighted by molar-refractivity contribution is 4.79. The van der Waals surface area contributed by atoms with Crippen LogP contribution in [0.4, 0.5) is 0 Å². The van der Waals surface area contributed by atoms with Gasteiger partial charge in [-0.15, -0.1) is 0 Å². The lowest BCUT2D eigenvalue weighted by molar-refractivity contribution is -0.0256. The maximum absolute atomic E-state index is 5.33. The van der Waals surface area contributed by atoms with E-state index in [2.05, 4.69) is 12.4 Å². The summed E-state index contributed by atoms with van der Waals surface area (Å²) >= 11 is 0. The summed E-state index contributed by atoms with van der Waals surface area (Å²) in [5.74, 6) is 0. The van der Waals surface area contributed by atoms with Crippen LogP contribution in [-0.4, -0.2) is 18.4 Å². The zero-order valence-corrected chi connectivity index (χ0v) is 8.17. The number of epoxide rings is 1. The first-order chi connectivity index (χ1) is 5.74. The van der Waals surface area contributed by atoms with Crippen molar-refractivity contribution in [3.8, 4) is 0 Å². The average Bonchev–Trinajstić information content (AvgIpc) is 2.76. The molecule has 1 heterocycles. The zero-order valence-electron chi connectivity index (χ0n) is 8.17. The Morgan fingerprint density at radius 3 is 2.83 bits per heavy atom. The molecule has 0 aliphatic carbocycles. The molecule has 0 saturated carbocycles. The first-order valence-corrected chi connectivity index (χ1v) is 4.80. The molecular formula is C9H19NO2. The van der Waals surface area contributed by atoms with E-state index in [-0.39, 0.29) is 12.3 Å². The number of hydrogen-bond donors (Lipinski definition) is 1. The predicted molar refractivity (Wildman–Crippen MR) is 47.5 cm³/mol. The lowest BCUT2D eigenvalue weighted by atomic mass is 10.2. The first-order valence-electron chi connectivity index (χ1n) is 4.80. The van der Waals surface area contributed by atoms with Gasteiger partial charge >= 0.3 is 0 Å². The summed E-state index contributed by atoms with van der Waals surface area (Å²) in [6.45, 7) is 6.18. The highest BCUT2D eigenvalue weighted by atomic mass is 16.7. The van der Waals surface area contributed by atoms with Crippen molar-refractivity contribution in [2.75, 3.05) is 0 Å². The van der Waals surface area contributed by atoms with Crippen molar-refractivity contribution in [2.24, 2.45) is 0 Å². The standard InChI is InChI=1S/C9H19NO2/c1-4-5-6-8-9(11-8)10-12-7(2)3/h7-10H,4-6H2,1-3H3. The Balaban J connectivity index is 1.93. The number of ether oxygens (including phenoxy) is 1. The second-order valence-electron chi connectivity index (χ2n) is 3.52. The topological polar surface area (TPSA) is 33.8 Å². The molecule has 0 amide bonds. The maximum Gasteiger partial charge on any atom is 0.156 e. The van der Waals surface area contributed by atoms with Crippen molar-refractivity contribution in [1.82, 2.24) is 5.48 Å². The number of unbranched alkanes of at least 4 members (excludes halogenated alkanes) is 1. The van der Waals surface area contributed by atoms with Crippen LogP contribution in [0.2, 0.25) is 0 Å². The molecule has 0 aromatic carbocycles. The zero-order chi connectivity index (χ0) is 8.97. The summed E-state index contributed by atoms with van der Waals surface area (Å²) in [5.41, 5.74) is 2.89. The molecule has 0 spiro atoms. The molecule has 0 aromatic rings. The average molecular weight is 173 g/mol. The van der Waals surface area contributed by atoms with Crippen LogP contribution in [0.5, 0.6) is 0 Å². The fraction of sp³-hybridized carbons (Fsp3) is 1.00. The molecule has 0 aromatic heterocycles. The molecule has 1 rings (SSSR count). The fourth-order valence-corrected chi connectivity index (χ4v) is 1.07. The molecule has 1 N–H and O–H groups in total. The second-order valence-corrected chi connectivity index (χ2v) is 3.52. The second kappa shape index (κ2) is 4.80. The number of rotatable bonds is 6. The van der Waals surface area contributed by atoms with E-state index in [1.54, 1.807) is 0 Å². The predicted octanol–water partition coefficient (Wildman–Crippen LogP) is 1.83. The summed E-state index contributed by atoms with van der Waals surface area (Å²) in [6, 6.07) is 0. The monoisotopic (exact) mass is 173 g/mol. The molecule has 2 unspecified atom stereocenters. The minimum atomic E-state index is 0.152. The summed E-state index contributed by atoms with van der Waals surface area (Å²) in [4.78, 5) is 5.20. The van der Waals surface area contributed by atoms with Crippen LogP contribution in [0.1, 0.15) is 40.0 Å². The fourth-order valence-electron chi connectivity index (χ4n) is 1.07. The molecule has 0 bridgehead atoms. The molecule has 12 heavy (non-hydrogen) atoms. The van der Waals surface area contributed by atoms with E-state index in [0.717, 1.165) is 6.42 Å². The van der Waals surface area contributed by atoms with Crippen molar-refractivity contribution < 1.29 is 9.57 Å². The molecule has 72 valence electrons.